The van der Waals surface area contributed by atoms with Gasteiger partial charge in [0.2, 0.25) is 0 Å². The van der Waals surface area contributed by atoms with E-state index in [2.05, 4.69) is 0 Å². The van der Waals surface area contributed by atoms with Gasteiger partial charge in [0.15, 0.2) is 0 Å². The van der Waals surface area contributed by atoms with Gasteiger partial charge >= 0.3 is 41.8 Å². The number of rotatable bonds is 10. The molecule has 0 spiro atoms. The Kier molecular flexibility index (Phi) is 17.1. The second-order valence-electron chi connectivity index (χ2n) is 16.0. The largest absolute Gasteiger partial charge is 2.00 e. The van der Waals surface area contributed by atoms with Crippen molar-refractivity contribution in [3.8, 4) is 22.6 Å². The fourth-order valence-corrected chi connectivity index (χ4v) is 14.0. The predicted molar refractivity (Wildman–Crippen MR) is 248 cm³/mol. The van der Waals surface area contributed by atoms with Gasteiger partial charge in [-0.25, -0.2) is 12.1 Å². The molecule has 0 amide bonds. The topological polar surface area (TPSA) is 18.5 Å². The summed E-state index contributed by atoms with van der Waals surface area (Å²) in [6, 6.07) is 31.2. The van der Waals surface area contributed by atoms with Crippen molar-refractivity contribution < 1.29 is 79.2 Å². The SMILES string of the molecule is COc1c(C)cc(P(c2cc(C)c(OC)c(C)c2)c2ccccc2-[c-]2cccc2C(C)P(c2cc(C(F)(F)F)cc(C(F)(F)F)c2)c2cc(C(F)(F)F)cc(C(F)(F)F)c2)cc1C.[Fe+2].c1cc[cH-]c1. The molecule has 0 heterocycles. The number of hydrogen-bond donors (Lipinski definition) is 0. The van der Waals surface area contributed by atoms with E-state index < -0.39 is 79.1 Å². The average molecular weight is 1050 g/mol. The van der Waals surface area contributed by atoms with E-state index in [1.807, 2.05) is 94.4 Å². The monoisotopic (exact) mass is 1050 g/mol. The van der Waals surface area contributed by atoms with E-state index in [0.717, 1.165) is 38.2 Å². The third-order valence-electron chi connectivity index (χ3n) is 11.2. The molecule has 1 atom stereocenters. The van der Waals surface area contributed by atoms with Crippen LogP contribution in [0.1, 0.15) is 62.7 Å². The van der Waals surface area contributed by atoms with Crippen LogP contribution in [0.25, 0.3) is 11.1 Å². The summed E-state index contributed by atoms with van der Waals surface area (Å²) in [5.41, 5.74) is -3.63. The van der Waals surface area contributed by atoms with Gasteiger partial charge in [-0.1, -0.05) is 36.0 Å². The van der Waals surface area contributed by atoms with Gasteiger partial charge in [-0.3, -0.25) is 0 Å². The van der Waals surface area contributed by atoms with Crippen molar-refractivity contribution in [2.45, 2.75) is 65.0 Å². The van der Waals surface area contributed by atoms with Gasteiger partial charge in [0.1, 0.15) is 11.5 Å². The summed E-state index contributed by atoms with van der Waals surface area (Å²) < 4.78 is 183. The maximum absolute atomic E-state index is 14.3. The molecule has 0 aromatic heterocycles. The van der Waals surface area contributed by atoms with E-state index in [1.54, 1.807) is 38.5 Å². The minimum absolute atomic E-state index is 0. The second-order valence-corrected chi connectivity index (χ2v) is 20.7. The van der Waals surface area contributed by atoms with E-state index in [0.29, 0.717) is 46.9 Å². The number of aryl methyl sites for hydroxylation is 4. The van der Waals surface area contributed by atoms with Crippen molar-refractivity contribution in [2.24, 2.45) is 0 Å². The minimum Gasteiger partial charge on any atom is -0.496 e. The van der Waals surface area contributed by atoms with Gasteiger partial charge in [-0.2, -0.15) is 77.0 Å². The van der Waals surface area contributed by atoms with Gasteiger partial charge in [-0.05, 0) is 153 Å². The van der Waals surface area contributed by atoms with Crippen LogP contribution in [0.5, 0.6) is 11.5 Å². The zero-order valence-electron chi connectivity index (χ0n) is 37.9. The third kappa shape index (κ3) is 12.5. The molecular formula is C52H44F12FeO2P2. The summed E-state index contributed by atoms with van der Waals surface area (Å²) >= 11 is 0. The molecule has 0 bridgehead atoms. The van der Waals surface area contributed by atoms with Crippen molar-refractivity contribution in [2.75, 3.05) is 14.2 Å². The number of halogens is 12. The Balaban J connectivity index is 0.00000139. The molecule has 2 nitrogen and oxygen atoms in total. The van der Waals surface area contributed by atoms with Crippen LogP contribution in [-0.4, -0.2) is 14.2 Å². The Morgan fingerprint density at radius 3 is 1.20 bits per heavy atom. The summed E-state index contributed by atoms with van der Waals surface area (Å²) in [7, 11) is -1.25. The first-order valence-corrected chi connectivity index (χ1v) is 23.5. The van der Waals surface area contributed by atoms with Crippen LogP contribution in [0.15, 0.2) is 133 Å². The maximum Gasteiger partial charge on any atom is 2.00 e. The fraction of sp³-hybridized carbons (Fsp3) is 0.231. The van der Waals surface area contributed by atoms with Gasteiger partial charge in [0.25, 0.3) is 0 Å². The molecule has 7 aromatic carbocycles. The van der Waals surface area contributed by atoms with E-state index in [1.165, 1.54) is 13.0 Å². The minimum atomic E-state index is -5.36. The van der Waals surface area contributed by atoms with Crippen LogP contribution in [0.2, 0.25) is 0 Å². The molecule has 0 aliphatic rings. The molecule has 0 saturated heterocycles. The first-order valence-electron chi connectivity index (χ1n) is 20.7. The summed E-state index contributed by atoms with van der Waals surface area (Å²) in [5, 5.41) is 1.12. The molecule has 69 heavy (non-hydrogen) atoms. The summed E-state index contributed by atoms with van der Waals surface area (Å²) in [4.78, 5) is 0. The van der Waals surface area contributed by atoms with Gasteiger partial charge in [0, 0.05) is 0 Å². The standard InChI is InChI=1S/C47H39F12O2P2.C5H5.Fe/c1-25-15-34(16-26(2)42(25)60-6)63(35-17-27(3)43(61-7)28(4)18-35)41-14-9-8-11-40(41)39-13-10-12-38(39)29(5)62(36-21-30(44(48,49)50)19-31(22-36)45(51,52)53)37-23-32(46(54,55)56)20-33(24-37)47(57,58)59;1-2-4-5-3-1;/h8-24,29H,1-7H3;1-5H;/q2*-1;+2. The van der Waals surface area contributed by atoms with Crippen molar-refractivity contribution in [3.63, 3.8) is 0 Å². The van der Waals surface area contributed by atoms with Crippen LogP contribution in [0.3, 0.4) is 0 Å². The Labute approximate surface area is 405 Å². The molecule has 0 fully saturated rings. The van der Waals surface area contributed by atoms with Crippen molar-refractivity contribution >= 4 is 42.4 Å². The maximum atomic E-state index is 14.3. The Hall–Kier alpha value is -5.06. The molecule has 0 saturated carbocycles. The fourth-order valence-electron chi connectivity index (χ4n) is 8.34. The number of hydrogen-bond acceptors (Lipinski definition) is 2. The summed E-state index contributed by atoms with van der Waals surface area (Å²) in [6.45, 7) is 8.98. The second kappa shape index (κ2) is 21.5. The number of benzene rings is 5. The van der Waals surface area contributed by atoms with Gasteiger partial charge in [0.05, 0.1) is 36.5 Å². The van der Waals surface area contributed by atoms with Crippen LogP contribution >= 0.6 is 15.8 Å². The Morgan fingerprint density at radius 2 is 0.870 bits per heavy atom. The first kappa shape index (κ1) is 54.9. The van der Waals surface area contributed by atoms with Crippen LogP contribution in [0.4, 0.5) is 52.7 Å². The molecule has 17 heteroatoms. The molecule has 7 aromatic rings. The Morgan fingerprint density at radius 1 is 0.493 bits per heavy atom. The molecule has 0 radical (unpaired) electrons. The molecule has 7 rings (SSSR count). The van der Waals surface area contributed by atoms with Crippen molar-refractivity contribution in [1.82, 2.24) is 0 Å². The average Bonchev–Trinajstić information content (AvgIpc) is 4.00. The van der Waals surface area contributed by atoms with Crippen LogP contribution in [-0.2, 0) is 41.8 Å². The number of ether oxygens (including phenoxy) is 2. The molecule has 1 unspecified atom stereocenters. The van der Waals surface area contributed by atoms with Crippen molar-refractivity contribution in [1.29, 1.82) is 0 Å². The van der Waals surface area contributed by atoms with Crippen LogP contribution < -0.4 is 36.0 Å². The Bertz CT molecular complexity index is 2600. The van der Waals surface area contributed by atoms with E-state index in [4.69, 9.17) is 9.47 Å². The summed E-state index contributed by atoms with van der Waals surface area (Å²) in [5.74, 6) is 1.35. The van der Waals surface area contributed by atoms with Crippen LogP contribution in [0, 0.1) is 27.7 Å². The molecule has 0 N–H and O–H groups in total. The zero-order valence-corrected chi connectivity index (χ0v) is 40.8. The van der Waals surface area contributed by atoms with E-state index >= 15 is 0 Å². The molecule has 366 valence electrons. The normalized spacial score (nSPS) is 12.7. The predicted octanol–water partition coefficient (Wildman–Crippen LogP) is 14.8. The zero-order chi connectivity index (χ0) is 50.1. The molecule has 0 aliphatic carbocycles. The number of alkyl halides is 12. The van der Waals surface area contributed by atoms with E-state index in [9.17, 15) is 52.7 Å². The van der Waals surface area contributed by atoms with Gasteiger partial charge in [-0.15, -0.1) is 29.3 Å². The first-order chi connectivity index (χ1) is 31.7. The third-order valence-corrected chi connectivity index (χ3v) is 16.3. The van der Waals surface area contributed by atoms with Crippen molar-refractivity contribution in [3.05, 3.63) is 184 Å². The number of methoxy groups -OCH3 is 2. The van der Waals surface area contributed by atoms with Gasteiger partial charge < -0.3 is 9.47 Å². The molecular weight excluding hydrogens is 1000 g/mol. The molecule has 0 aliphatic heterocycles. The quantitative estimate of drug-likeness (QED) is 0.0588. The van der Waals surface area contributed by atoms with E-state index in [-0.39, 0.29) is 34.8 Å². The smallest absolute Gasteiger partial charge is 0.496 e. The summed E-state index contributed by atoms with van der Waals surface area (Å²) in [6.07, 6.45) is -21.4.